The molecule has 0 spiro atoms. The Labute approximate surface area is 202 Å². The van der Waals surface area contributed by atoms with E-state index in [2.05, 4.69) is 13.0 Å². The molecular weight excluding hydrogens is 436 g/mol. The monoisotopic (exact) mass is 476 g/mol. The number of rotatable bonds is 14. The zero-order valence-electron chi connectivity index (χ0n) is 20.3. The van der Waals surface area contributed by atoms with Crippen LogP contribution in [0.1, 0.15) is 75.8 Å². The highest BCUT2D eigenvalue weighted by Crippen LogP contribution is 2.48. The number of aliphatic hydroxyl groups excluding tert-OH is 2. The summed E-state index contributed by atoms with van der Waals surface area (Å²) in [4.78, 5) is 23.1. The maximum absolute atomic E-state index is 12.2. The van der Waals surface area contributed by atoms with Gasteiger partial charge in [-0.05, 0) is 86.3 Å². The van der Waals surface area contributed by atoms with Crippen molar-refractivity contribution in [3.63, 3.8) is 0 Å². The van der Waals surface area contributed by atoms with E-state index in [0.717, 1.165) is 63.4 Å². The van der Waals surface area contributed by atoms with Crippen LogP contribution < -0.4 is 4.74 Å². The molecule has 0 bridgehead atoms. The molecule has 190 valence electrons. The molecule has 0 aliphatic heterocycles. The first-order valence-electron chi connectivity index (χ1n) is 12.9. The Hall–Kier alpha value is -2.12. The number of unbranched alkanes of at least 4 members (excludes halogenated alkanes) is 2. The Balaban J connectivity index is 1.63. The molecule has 0 aromatic heterocycles. The first-order valence-corrected chi connectivity index (χ1v) is 12.9. The van der Waals surface area contributed by atoms with Crippen LogP contribution in [0.5, 0.6) is 5.75 Å². The first kappa shape index (κ1) is 26.5. The van der Waals surface area contributed by atoms with Crippen LogP contribution in [-0.4, -0.2) is 52.7 Å². The molecule has 3 N–H and O–H groups in total. The van der Waals surface area contributed by atoms with Gasteiger partial charge in [-0.15, -0.1) is 0 Å². The van der Waals surface area contributed by atoms with Crippen molar-refractivity contribution in [3.05, 3.63) is 29.3 Å². The quantitative estimate of drug-likeness (QED) is 0.276. The molecule has 34 heavy (non-hydrogen) atoms. The number of aliphatic hydroxyl groups is 2. The second kappa shape index (κ2) is 13.1. The van der Waals surface area contributed by atoms with Gasteiger partial charge in [0.25, 0.3) is 0 Å². The van der Waals surface area contributed by atoms with Crippen molar-refractivity contribution < 1.29 is 34.4 Å². The topological polar surface area (TPSA) is 113 Å². The SMILES string of the molecule is CCCCC[C@@H](CC[C@@H]1[C@H]2Cc3cccc(OCC(=O)O)c3C[C@H]2C[C@H]1O)OC(=O)CCCO. The molecule has 1 fully saturated rings. The molecule has 7 nitrogen and oxygen atoms in total. The number of aliphatic carboxylic acids is 1. The summed E-state index contributed by atoms with van der Waals surface area (Å²) in [7, 11) is 0. The van der Waals surface area contributed by atoms with E-state index in [0.29, 0.717) is 24.0 Å². The van der Waals surface area contributed by atoms with E-state index < -0.39 is 5.97 Å². The molecule has 1 aromatic carbocycles. The Morgan fingerprint density at radius 2 is 1.97 bits per heavy atom. The molecular formula is C27H40O7. The summed E-state index contributed by atoms with van der Waals surface area (Å²) in [5.74, 6) is 0.258. The van der Waals surface area contributed by atoms with E-state index in [1.807, 2.05) is 12.1 Å². The van der Waals surface area contributed by atoms with Crippen LogP contribution in [-0.2, 0) is 27.2 Å². The van der Waals surface area contributed by atoms with Crippen molar-refractivity contribution in [2.45, 2.75) is 89.8 Å². The molecule has 3 rings (SSSR count). The van der Waals surface area contributed by atoms with Gasteiger partial charge in [-0.2, -0.15) is 0 Å². The summed E-state index contributed by atoms with van der Waals surface area (Å²) >= 11 is 0. The number of hydrogen-bond acceptors (Lipinski definition) is 6. The van der Waals surface area contributed by atoms with Crippen LogP contribution >= 0.6 is 0 Å². The summed E-state index contributed by atoms with van der Waals surface area (Å²) in [6.45, 7) is 1.78. The Kier molecular flexibility index (Phi) is 10.2. The predicted octanol–water partition coefficient (Wildman–Crippen LogP) is 3.91. The number of ether oxygens (including phenoxy) is 2. The maximum Gasteiger partial charge on any atom is 0.341 e. The third-order valence-electron chi connectivity index (χ3n) is 7.49. The lowest BCUT2D eigenvalue weighted by Gasteiger charge is -2.32. The molecule has 0 unspecified atom stereocenters. The number of fused-ring (bicyclic) bond motifs is 2. The average Bonchev–Trinajstić information content (AvgIpc) is 3.12. The lowest BCUT2D eigenvalue weighted by atomic mass is 9.73. The third kappa shape index (κ3) is 7.19. The lowest BCUT2D eigenvalue weighted by Crippen LogP contribution is -2.29. The number of esters is 1. The normalized spacial score (nSPS) is 24.2. The average molecular weight is 477 g/mol. The molecule has 1 aromatic rings. The van der Waals surface area contributed by atoms with Crippen LogP contribution in [0.25, 0.3) is 0 Å². The number of carboxylic acid groups (broad SMARTS) is 1. The first-order chi connectivity index (χ1) is 16.4. The summed E-state index contributed by atoms with van der Waals surface area (Å²) < 4.78 is 11.3. The molecule has 0 radical (unpaired) electrons. The van der Waals surface area contributed by atoms with Gasteiger partial charge in [0.1, 0.15) is 11.9 Å². The lowest BCUT2D eigenvalue weighted by molar-refractivity contribution is -0.150. The van der Waals surface area contributed by atoms with Gasteiger partial charge in [0.05, 0.1) is 6.10 Å². The molecule has 0 amide bonds. The van der Waals surface area contributed by atoms with E-state index in [1.54, 1.807) is 0 Å². The number of benzene rings is 1. The summed E-state index contributed by atoms with van der Waals surface area (Å²) in [5, 5.41) is 28.9. The van der Waals surface area contributed by atoms with Crippen molar-refractivity contribution in [1.29, 1.82) is 0 Å². The van der Waals surface area contributed by atoms with E-state index in [1.165, 1.54) is 5.56 Å². The minimum atomic E-state index is -0.992. The van der Waals surface area contributed by atoms with Gasteiger partial charge in [-0.1, -0.05) is 31.9 Å². The van der Waals surface area contributed by atoms with Gasteiger partial charge in [0.15, 0.2) is 6.61 Å². The minimum Gasteiger partial charge on any atom is -0.482 e. The van der Waals surface area contributed by atoms with Crippen molar-refractivity contribution in [3.8, 4) is 5.75 Å². The van der Waals surface area contributed by atoms with E-state index in [-0.39, 0.29) is 43.7 Å². The molecule has 1 saturated carbocycles. The second-order valence-electron chi connectivity index (χ2n) is 9.89. The highest BCUT2D eigenvalue weighted by Gasteiger charge is 2.45. The number of hydrogen-bond donors (Lipinski definition) is 3. The second-order valence-corrected chi connectivity index (χ2v) is 9.89. The fourth-order valence-electron chi connectivity index (χ4n) is 5.81. The largest absolute Gasteiger partial charge is 0.482 e. The zero-order valence-corrected chi connectivity index (χ0v) is 20.3. The van der Waals surface area contributed by atoms with Gasteiger partial charge < -0.3 is 24.8 Å². The Morgan fingerprint density at radius 3 is 2.71 bits per heavy atom. The van der Waals surface area contributed by atoms with Gasteiger partial charge in [-0.25, -0.2) is 4.79 Å². The molecule has 7 heteroatoms. The van der Waals surface area contributed by atoms with Gasteiger partial charge in [0, 0.05) is 13.0 Å². The fourth-order valence-corrected chi connectivity index (χ4v) is 5.81. The number of carbonyl (C=O) groups is 2. The van der Waals surface area contributed by atoms with Crippen molar-refractivity contribution in [2.75, 3.05) is 13.2 Å². The standard InChI is InChI=1S/C27H40O7/c1-2-3-4-8-20(34-27(32)10-6-13-28)11-12-21-22-14-18-7-5-9-25(33-17-26(30)31)23(18)15-19(22)16-24(21)29/h5,7,9,19-22,24,28-29H,2-4,6,8,10-17H2,1H3,(H,30,31)/t19-,20-,21+,22-,24+/m0/s1. The van der Waals surface area contributed by atoms with Crippen LogP contribution in [0.3, 0.4) is 0 Å². The number of carbonyl (C=O) groups excluding carboxylic acids is 1. The molecule has 0 saturated heterocycles. The molecule has 0 heterocycles. The van der Waals surface area contributed by atoms with Gasteiger partial charge in [0.2, 0.25) is 0 Å². The van der Waals surface area contributed by atoms with Crippen LogP contribution in [0, 0.1) is 17.8 Å². The van der Waals surface area contributed by atoms with Crippen LogP contribution in [0.2, 0.25) is 0 Å². The molecule has 5 atom stereocenters. The summed E-state index contributed by atoms with van der Waals surface area (Å²) in [6, 6.07) is 5.82. The van der Waals surface area contributed by atoms with E-state index in [4.69, 9.17) is 19.7 Å². The molecule has 2 aliphatic carbocycles. The minimum absolute atomic E-state index is 0.0164. The highest BCUT2D eigenvalue weighted by molar-refractivity contribution is 5.69. The Bertz CT molecular complexity index is 808. The fraction of sp³-hybridized carbons (Fsp3) is 0.704. The van der Waals surface area contributed by atoms with Gasteiger partial charge in [-0.3, -0.25) is 4.79 Å². The smallest absolute Gasteiger partial charge is 0.341 e. The van der Waals surface area contributed by atoms with Gasteiger partial charge >= 0.3 is 11.9 Å². The van der Waals surface area contributed by atoms with Crippen molar-refractivity contribution in [1.82, 2.24) is 0 Å². The summed E-state index contributed by atoms with van der Waals surface area (Å²) in [5.41, 5.74) is 2.26. The Morgan fingerprint density at radius 1 is 1.15 bits per heavy atom. The third-order valence-corrected chi connectivity index (χ3v) is 7.49. The van der Waals surface area contributed by atoms with Crippen LogP contribution in [0.15, 0.2) is 18.2 Å². The van der Waals surface area contributed by atoms with Crippen LogP contribution in [0.4, 0.5) is 0 Å². The van der Waals surface area contributed by atoms with Crippen molar-refractivity contribution in [2.24, 2.45) is 17.8 Å². The maximum atomic E-state index is 12.2. The highest BCUT2D eigenvalue weighted by atomic mass is 16.5. The van der Waals surface area contributed by atoms with E-state index >= 15 is 0 Å². The summed E-state index contributed by atoms with van der Waals surface area (Å²) in [6.07, 6.45) is 8.13. The van der Waals surface area contributed by atoms with Crippen molar-refractivity contribution >= 4 is 11.9 Å². The number of carboxylic acids is 1. The zero-order chi connectivity index (χ0) is 24.5. The predicted molar refractivity (Wildman–Crippen MR) is 128 cm³/mol. The molecule has 2 aliphatic rings. The van der Waals surface area contributed by atoms with E-state index in [9.17, 15) is 14.7 Å².